The van der Waals surface area contributed by atoms with E-state index in [1.54, 1.807) is 24.5 Å². The summed E-state index contributed by atoms with van der Waals surface area (Å²) in [6.45, 7) is 0.0573. The zero-order valence-corrected chi connectivity index (χ0v) is 9.41. The number of carbonyl (C=O) groups excluding carboxylic acids is 1. The lowest BCUT2D eigenvalue weighted by molar-refractivity contribution is 0.0468. The molecule has 0 atom stereocenters. The summed E-state index contributed by atoms with van der Waals surface area (Å²) >= 11 is 0. The van der Waals surface area contributed by atoms with Crippen LogP contribution in [-0.2, 0) is 11.3 Å². The summed E-state index contributed by atoms with van der Waals surface area (Å²) in [5.74, 6) is -1.04. The first-order chi connectivity index (χ1) is 8.66. The van der Waals surface area contributed by atoms with E-state index in [0.29, 0.717) is 0 Å². The normalized spacial score (nSPS) is 10.0. The van der Waals surface area contributed by atoms with Crippen LogP contribution in [0.1, 0.15) is 15.9 Å². The molecule has 0 saturated heterocycles. The summed E-state index contributed by atoms with van der Waals surface area (Å²) in [5, 5.41) is 18.7. The molecule has 0 unspecified atom stereocenters. The molecular weight excluding hydrogens is 234 g/mol. The Kier molecular flexibility index (Phi) is 3.43. The van der Waals surface area contributed by atoms with Crippen molar-refractivity contribution in [3.05, 3.63) is 53.9 Å². The van der Waals surface area contributed by atoms with Crippen molar-refractivity contribution in [1.82, 2.24) is 4.98 Å². The molecule has 2 N–H and O–H groups in total. The molecule has 5 heteroatoms. The SMILES string of the molecule is O=C(OCc1cccnc1)c1cc(O)ccc1O. The van der Waals surface area contributed by atoms with E-state index in [9.17, 15) is 15.0 Å². The Morgan fingerprint density at radius 3 is 2.83 bits per heavy atom. The number of carbonyl (C=O) groups is 1. The van der Waals surface area contributed by atoms with E-state index in [2.05, 4.69) is 4.98 Å². The van der Waals surface area contributed by atoms with Crippen molar-refractivity contribution in [3.63, 3.8) is 0 Å². The highest BCUT2D eigenvalue weighted by Gasteiger charge is 2.13. The second-order valence-corrected chi connectivity index (χ2v) is 3.64. The molecule has 92 valence electrons. The lowest BCUT2D eigenvalue weighted by atomic mass is 10.2. The van der Waals surface area contributed by atoms with E-state index in [0.717, 1.165) is 11.6 Å². The summed E-state index contributed by atoms with van der Waals surface area (Å²) in [6.07, 6.45) is 3.20. The minimum atomic E-state index is -0.702. The van der Waals surface area contributed by atoms with E-state index in [1.807, 2.05) is 0 Å². The Bertz CT molecular complexity index is 554. The first-order valence-corrected chi connectivity index (χ1v) is 5.25. The van der Waals surface area contributed by atoms with Crippen LogP contribution in [0.5, 0.6) is 11.5 Å². The van der Waals surface area contributed by atoms with Crippen molar-refractivity contribution < 1.29 is 19.7 Å². The molecule has 0 bridgehead atoms. The number of aromatic nitrogens is 1. The van der Waals surface area contributed by atoms with Gasteiger partial charge >= 0.3 is 5.97 Å². The Labute approximate surface area is 103 Å². The van der Waals surface area contributed by atoms with Gasteiger partial charge in [0.2, 0.25) is 0 Å². The number of phenols is 2. The number of pyridine rings is 1. The van der Waals surface area contributed by atoms with Gasteiger partial charge in [-0.05, 0) is 24.3 Å². The van der Waals surface area contributed by atoms with E-state index >= 15 is 0 Å². The summed E-state index contributed by atoms with van der Waals surface area (Å²) in [5.41, 5.74) is 0.671. The van der Waals surface area contributed by atoms with Gasteiger partial charge < -0.3 is 14.9 Å². The van der Waals surface area contributed by atoms with E-state index in [1.165, 1.54) is 12.1 Å². The van der Waals surface area contributed by atoms with Crippen molar-refractivity contribution in [2.24, 2.45) is 0 Å². The molecule has 5 nitrogen and oxygen atoms in total. The zero-order chi connectivity index (χ0) is 13.0. The fraction of sp³-hybridized carbons (Fsp3) is 0.0769. The Morgan fingerprint density at radius 2 is 2.11 bits per heavy atom. The molecule has 2 rings (SSSR count). The third-order valence-corrected chi connectivity index (χ3v) is 2.29. The topological polar surface area (TPSA) is 79.7 Å². The molecule has 1 aromatic carbocycles. The van der Waals surface area contributed by atoms with Crippen LogP contribution in [0.15, 0.2) is 42.7 Å². The average molecular weight is 245 g/mol. The smallest absolute Gasteiger partial charge is 0.342 e. The molecule has 1 heterocycles. The molecule has 0 amide bonds. The van der Waals surface area contributed by atoms with Crippen molar-refractivity contribution >= 4 is 5.97 Å². The quantitative estimate of drug-likeness (QED) is 0.637. The van der Waals surface area contributed by atoms with E-state index < -0.39 is 5.97 Å². The Balaban J connectivity index is 2.06. The molecule has 0 aliphatic heterocycles. The number of phenolic OH excluding ortho intramolecular Hbond substituents is 2. The van der Waals surface area contributed by atoms with E-state index in [4.69, 9.17) is 4.74 Å². The maximum absolute atomic E-state index is 11.7. The van der Waals surface area contributed by atoms with Gasteiger partial charge in [-0.2, -0.15) is 0 Å². The minimum absolute atomic E-state index is 0.0573. The first-order valence-electron chi connectivity index (χ1n) is 5.25. The number of hydrogen-bond donors (Lipinski definition) is 2. The van der Waals surface area contributed by atoms with Crippen LogP contribution in [0.25, 0.3) is 0 Å². The fourth-order valence-electron chi connectivity index (χ4n) is 1.40. The van der Waals surface area contributed by atoms with Crippen LogP contribution in [0, 0.1) is 0 Å². The van der Waals surface area contributed by atoms with Crippen molar-refractivity contribution in [1.29, 1.82) is 0 Å². The van der Waals surface area contributed by atoms with Crippen LogP contribution in [0.3, 0.4) is 0 Å². The van der Waals surface area contributed by atoms with Gasteiger partial charge in [0.1, 0.15) is 23.7 Å². The van der Waals surface area contributed by atoms with Gasteiger partial charge in [0.05, 0.1) is 0 Å². The number of aromatic hydroxyl groups is 2. The molecular formula is C13H11NO4. The largest absolute Gasteiger partial charge is 0.508 e. The number of benzene rings is 1. The summed E-state index contributed by atoms with van der Waals surface area (Å²) in [6, 6.07) is 7.17. The molecule has 0 saturated carbocycles. The highest BCUT2D eigenvalue weighted by Crippen LogP contribution is 2.23. The molecule has 0 spiro atoms. The molecule has 18 heavy (non-hydrogen) atoms. The van der Waals surface area contributed by atoms with Gasteiger partial charge in [0.25, 0.3) is 0 Å². The van der Waals surface area contributed by atoms with Crippen molar-refractivity contribution in [2.75, 3.05) is 0 Å². The maximum Gasteiger partial charge on any atom is 0.342 e. The zero-order valence-electron chi connectivity index (χ0n) is 9.41. The monoisotopic (exact) mass is 245 g/mol. The third kappa shape index (κ3) is 2.76. The third-order valence-electron chi connectivity index (χ3n) is 2.29. The van der Waals surface area contributed by atoms with Crippen LogP contribution >= 0.6 is 0 Å². The molecule has 0 aliphatic rings. The molecule has 0 fully saturated rings. The number of esters is 1. The highest BCUT2D eigenvalue weighted by molar-refractivity contribution is 5.92. The number of rotatable bonds is 3. The molecule has 0 aliphatic carbocycles. The van der Waals surface area contributed by atoms with Crippen LogP contribution in [-0.4, -0.2) is 21.2 Å². The predicted molar refractivity (Wildman–Crippen MR) is 63.1 cm³/mol. The second-order valence-electron chi connectivity index (χ2n) is 3.64. The van der Waals surface area contributed by atoms with Crippen LogP contribution in [0.2, 0.25) is 0 Å². The van der Waals surface area contributed by atoms with Gasteiger partial charge in [-0.15, -0.1) is 0 Å². The molecule has 0 radical (unpaired) electrons. The average Bonchev–Trinajstić information content (AvgIpc) is 2.40. The number of ether oxygens (including phenoxy) is 1. The lowest BCUT2D eigenvalue weighted by Crippen LogP contribution is -2.05. The van der Waals surface area contributed by atoms with Crippen molar-refractivity contribution in [2.45, 2.75) is 6.61 Å². The molecule has 2 aromatic rings. The predicted octanol–water partition coefficient (Wildman–Crippen LogP) is 1.85. The number of hydrogen-bond acceptors (Lipinski definition) is 5. The van der Waals surface area contributed by atoms with Gasteiger partial charge in [-0.25, -0.2) is 4.79 Å². The lowest BCUT2D eigenvalue weighted by Gasteiger charge is -2.06. The summed E-state index contributed by atoms with van der Waals surface area (Å²) in [4.78, 5) is 15.6. The second kappa shape index (κ2) is 5.18. The van der Waals surface area contributed by atoms with Gasteiger partial charge in [-0.1, -0.05) is 6.07 Å². The summed E-state index contributed by atoms with van der Waals surface area (Å²) < 4.78 is 5.00. The first kappa shape index (κ1) is 11.9. The van der Waals surface area contributed by atoms with Crippen molar-refractivity contribution in [3.8, 4) is 11.5 Å². The Hall–Kier alpha value is -2.56. The fourth-order valence-corrected chi connectivity index (χ4v) is 1.40. The minimum Gasteiger partial charge on any atom is -0.508 e. The van der Waals surface area contributed by atoms with Gasteiger partial charge in [-0.3, -0.25) is 4.98 Å². The molecule has 1 aromatic heterocycles. The maximum atomic E-state index is 11.7. The van der Waals surface area contributed by atoms with E-state index in [-0.39, 0.29) is 23.7 Å². The number of nitrogens with zero attached hydrogens (tertiary/aromatic N) is 1. The van der Waals surface area contributed by atoms with Gasteiger partial charge in [0.15, 0.2) is 0 Å². The van der Waals surface area contributed by atoms with Gasteiger partial charge in [0, 0.05) is 18.0 Å². The Morgan fingerprint density at radius 1 is 1.28 bits per heavy atom. The summed E-state index contributed by atoms with van der Waals surface area (Å²) in [7, 11) is 0. The van der Waals surface area contributed by atoms with Crippen LogP contribution in [0.4, 0.5) is 0 Å². The van der Waals surface area contributed by atoms with Crippen LogP contribution < -0.4 is 0 Å². The standard InChI is InChI=1S/C13H11NO4/c15-10-3-4-12(16)11(6-10)13(17)18-8-9-2-1-5-14-7-9/h1-7,15-16H,8H2. The highest BCUT2D eigenvalue weighted by atomic mass is 16.5.